The largest absolute Gasteiger partial charge is 0.454 e. The second-order valence-electron chi connectivity index (χ2n) is 21.5. The van der Waals surface area contributed by atoms with Crippen molar-refractivity contribution in [1.29, 1.82) is 0 Å². The molecular weight excluding hydrogens is 967 g/mol. The van der Waals surface area contributed by atoms with Gasteiger partial charge >= 0.3 is 5.97 Å². The molecule has 8 unspecified atom stereocenters. The molecule has 1 aliphatic heterocycles. The Bertz CT molecular complexity index is 1570. The lowest BCUT2D eigenvalue weighted by Gasteiger charge is -2.41. The normalized spacial score (nSPS) is 19.6. The smallest absolute Gasteiger partial charge is 0.306 e. The maximum Gasteiger partial charge on any atom is 0.306 e. The molecular formula is C66H115NO10. The van der Waals surface area contributed by atoms with Crippen molar-refractivity contribution in [1.82, 2.24) is 5.32 Å². The minimum Gasteiger partial charge on any atom is -0.454 e. The van der Waals surface area contributed by atoms with E-state index in [0.717, 1.165) is 70.6 Å². The van der Waals surface area contributed by atoms with Crippen LogP contribution >= 0.6 is 0 Å². The third kappa shape index (κ3) is 41.5. The van der Waals surface area contributed by atoms with E-state index in [4.69, 9.17) is 14.2 Å². The Kier molecular flexibility index (Phi) is 49.9. The molecule has 0 saturated carbocycles. The molecule has 0 spiro atoms. The van der Waals surface area contributed by atoms with Crippen LogP contribution in [0.25, 0.3) is 0 Å². The first-order valence-electron chi connectivity index (χ1n) is 31.4. The van der Waals surface area contributed by atoms with Crippen molar-refractivity contribution in [3.8, 4) is 0 Å². The Morgan fingerprint density at radius 1 is 0.532 bits per heavy atom. The topological polar surface area (TPSA) is 175 Å². The number of hydrogen-bond donors (Lipinski definition) is 6. The molecule has 1 amide bonds. The molecule has 0 aromatic heterocycles. The minimum atomic E-state index is -1.62. The van der Waals surface area contributed by atoms with Crippen molar-refractivity contribution >= 4 is 11.9 Å². The number of allylic oxidation sites excluding steroid dienone is 13. The molecule has 0 aromatic carbocycles. The van der Waals surface area contributed by atoms with Crippen LogP contribution in [0, 0.1) is 0 Å². The van der Waals surface area contributed by atoms with Crippen LogP contribution in [-0.4, -0.2) is 99.6 Å². The van der Waals surface area contributed by atoms with Gasteiger partial charge in [0.15, 0.2) is 12.4 Å². The summed E-state index contributed by atoms with van der Waals surface area (Å²) in [7, 11) is 0. The molecule has 77 heavy (non-hydrogen) atoms. The first-order chi connectivity index (χ1) is 37.7. The van der Waals surface area contributed by atoms with Gasteiger partial charge in [-0.3, -0.25) is 9.59 Å². The van der Waals surface area contributed by atoms with Crippen LogP contribution in [0.15, 0.2) is 85.1 Å². The van der Waals surface area contributed by atoms with Gasteiger partial charge in [-0.15, -0.1) is 0 Å². The number of rotatable bonds is 52. The Morgan fingerprint density at radius 3 is 1.53 bits per heavy atom. The second kappa shape index (κ2) is 53.5. The summed E-state index contributed by atoms with van der Waals surface area (Å²) in [5.74, 6) is -1.24. The van der Waals surface area contributed by atoms with Crippen LogP contribution < -0.4 is 5.32 Å². The lowest BCUT2D eigenvalue weighted by atomic mass is 9.99. The number of ether oxygens (including phenoxy) is 3. The number of aliphatic hydroxyl groups excluding tert-OH is 5. The highest BCUT2D eigenvalue weighted by Gasteiger charge is 2.47. The molecule has 1 rings (SSSR count). The summed E-state index contributed by atoms with van der Waals surface area (Å²) in [6.45, 7) is 5.60. The van der Waals surface area contributed by atoms with Gasteiger partial charge < -0.3 is 45.1 Å². The monoisotopic (exact) mass is 1080 g/mol. The summed E-state index contributed by atoms with van der Waals surface area (Å²) in [4.78, 5) is 26.5. The number of esters is 1. The molecule has 0 radical (unpaired) electrons. The molecule has 11 nitrogen and oxygen atoms in total. The van der Waals surface area contributed by atoms with Crippen LogP contribution in [0.3, 0.4) is 0 Å². The average molecular weight is 1080 g/mol. The predicted molar refractivity (Wildman–Crippen MR) is 319 cm³/mol. The summed E-state index contributed by atoms with van der Waals surface area (Å²) in [5, 5.41) is 56.9. The number of aliphatic hydroxyl groups is 5. The maximum absolute atomic E-state index is 13.4. The predicted octanol–water partition coefficient (Wildman–Crippen LogP) is 14.9. The molecule has 1 aliphatic rings. The summed E-state index contributed by atoms with van der Waals surface area (Å²) in [6, 6.07) is -1.05. The summed E-state index contributed by atoms with van der Waals surface area (Å²) in [6.07, 6.45) is 59.2. The van der Waals surface area contributed by atoms with Crippen LogP contribution in [0.4, 0.5) is 0 Å². The van der Waals surface area contributed by atoms with Gasteiger partial charge in [-0.25, -0.2) is 0 Å². The average Bonchev–Trinajstić information content (AvgIpc) is 3.43. The fraction of sp³-hybridized carbons (Fsp3) is 0.758. The minimum absolute atomic E-state index is 0.115. The van der Waals surface area contributed by atoms with E-state index < -0.39 is 67.4 Å². The highest BCUT2D eigenvalue weighted by molar-refractivity contribution is 5.80. The molecule has 8 atom stereocenters. The van der Waals surface area contributed by atoms with Crippen LogP contribution in [0.5, 0.6) is 0 Å². The highest BCUT2D eigenvalue weighted by atomic mass is 16.7. The number of carbonyl (C=O) groups is 2. The zero-order valence-electron chi connectivity index (χ0n) is 49.1. The Balaban J connectivity index is 2.64. The first-order valence-corrected chi connectivity index (χ1v) is 31.4. The van der Waals surface area contributed by atoms with E-state index >= 15 is 0 Å². The molecule has 1 saturated heterocycles. The molecule has 1 fully saturated rings. The number of nitrogens with one attached hydrogen (secondary N) is 1. The standard InChI is InChI=1S/C66H115NO10/c1-4-7-10-13-16-19-22-25-26-27-28-29-30-31-32-33-34-36-39-42-45-48-51-54-61(71)77-64-63(73)62(72)60(55-68)76-66(64)75-56-57(58(69)52-49-46-43-40-38-35-23-20-17-14-11-8-5-2)67-65(74)59(70)53-50-47-44-41-37-24-21-18-15-12-9-6-3/h9,12,15-16,18-19,21,24-26,37,41,49,52,57-60,62-64,66,68-70,72-73H,4-8,10-11,13-14,17,20,22-23,27-36,38-40,42-48,50-51,53-56H2,1-3H3,(H,67,74)/b12-9+,18-15+,19-16-,24-21-,26-25-,41-37-,52-49+. The van der Waals surface area contributed by atoms with E-state index in [-0.39, 0.29) is 19.4 Å². The Morgan fingerprint density at radius 2 is 0.987 bits per heavy atom. The van der Waals surface area contributed by atoms with E-state index in [9.17, 15) is 35.1 Å². The lowest BCUT2D eigenvalue weighted by molar-refractivity contribution is -0.305. The van der Waals surface area contributed by atoms with Gasteiger partial charge in [-0.05, 0) is 77.0 Å². The van der Waals surface area contributed by atoms with Gasteiger partial charge in [0.25, 0.3) is 0 Å². The first kappa shape index (κ1) is 71.9. The fourth-order valence-corrected chi connectivity index (χ4v) is 9.40. The van der Waals surface area contributed by atoms with Gasteiger partial charge in [0.2, 0.25) is 5.91 Å². The number of amides is 1. The van der Waals surface area contributed by atoms with Gasteiger partial charge in [0.1, 0.15) is 24.4 Å². The Hall–Kier alpha value is -3.16. The van der Waals surface area contributed by atoms with E-state index in [2.05, 4.69) is 56.5 Å². The van der Waals surface area contributed by atoms with Gasteiger partial charge in [-0.2, -0.15) is 0 Å². The maximum atomic E-state index is 13.4. The van der Waals surface area contributed by atoms with Gasteiger partial charge in [0.05, 0.1) is 25.4 Å². The van der Waals surface area contributed by atoms with Crippen LogP contribution in [0.1, 0.15) is 258 Å². The lowest BCUT2D eigenvalue weighted by Crippen LogP contribution is -2.61. The van der Waals surface area contributed by atoms with Crippen LogP contribution in [-0.2, 0) is 23.8 Å². The summed E-state index contributed by atoms with van der Waals surface area (Å²) in [5.41, 5.74) is 0. The summed E-state index contributed by atoms with van der Waals surface area (Å²) < 4.78 is 17.6. The van der Waals surface area contributed by atoms with Gasteiger partial charge in [-0.1, -0.05) is 260 Å². The SMILES string of the molecule is CC/C=C/C=C/C=C\C=C/CCCCC(O)C(=O)NC(COC1OC(CO)C(O)C(O)C1OC(=O)CCCCCCCCCCCCCCC/C=C\C/C=C\CCCCC)C(O)/C=C/CCCCCCCCCCCCC. The van der Waals surface area contributed by atoms with Crippen molar-refractivity contribution in [3.63, 3.8) is 0 Å². The third-order valence-corrected chi connectivity index (χ3v) is 14.4. The van der Waals surface area contributed by atoms with Crippen molar-refractivity contribution in [3.05, 3.63) is 85.1 Å². The number of hydrogen-bond acceptors (Lipinski definition) is 10. The van der Waals surface area contributed by atoms with Crippen molar-refractivity contribution in [2.24, 2.45) is 0 Å². The van der Waals surface area contributed by atoms with E-state index in [0.29, 0.717) is 12.8 Å². The molecule has 1 heterocycles. The molecule has 0 aromatic rings. The number of carbonyl (C=O) groups excluding carboxylic acids is 2. The molecule has 0 aliphatic carbocycles. The molecule has 444 valence electrons. The molecule has 6 N–H and O–H groups in total. The third-order valence-electron chi connectivity index (χ3n) is 14.4. The molecule has 0 bridgehead atoms. The second-order valence-corrected chi connectivity index (χ2v) is 21.5. The Labute approximate surface area is 470 Å². The summed E-state index contributed by atoms with van der Waals surface area (Å²) >= 11 is 0. The van der Waals surface area contributed by atoms with E-state index in [1.165, 1.54) is 141 Å². The van der Waals surface area contributed by atoms with Gasteiger partial charge in [0, 0.05) is 6.42 Å². The van der Waals surface area contributed by atoms with Crippen molar-refractivity contribution < 1.29 is 49.3 Å². The fourth-order valence-electron chi connectivity index (χ4n) is 9.40. The van der Waals surface area contributed by atoms with E-state index in [1.807, 2.05) is 48.6 Å². The zero-order valence-corrected chi connectivity index (χ0v) is 49.1. The van der Waals surface area contributed by atoms with Crippen molar-refractivity contribution in [2.45, 2.75) is 307 Å². The van der Waals surface area contributed by atoms with Crippen LogP contribution in [0.2, 0.25) is 0 Å². The van der Waals surface area contributed by atoms with E-state index in [1.54, 1.807) is 6.08 Å². The number of unbranched alkanes of at least 4 members (excludes halogenated alkanes) is 29. The van der Waals surface area contributed by atoms with Crippen molar-refractivity contribution in [2.75, 3.05) is 13.2 Å². The highest BCUT2D eigenvalue weighted by Crippen LogP contribution is 2.26. The zero-order chi connectivity index (χ0) is 56.1. The quantitative estimate of drug-likeness (QED) is 0.0149. The molecule has 11 heteroatoms.